The minimum absolute atomic E-state index is 0. The van der Waals surface area contributed by atoms with Crippen molar-refractivity contribution in [1.29, 1.82) is 0 Å². The van der Waals surface area contributed by atoms with E-state index in [2.05, 4.69) is 60.7 Å². The number of benzene rings is 2. The molecule has 3 aliphatic heterocycles. The van der Waals surface area contributed by atoms with Gasteiger partial charge >= 0.3 is 5.97 Å². The van der Waals surface area contributed by atoms with Gasteiger partial charge in [0.15, 0.2) is 12.6 Å². The molecule has 0 aliphatic carbocycles. The highest BCUT2D eigenvalue weighted by Gasteiger charge is 2.53. The van der Waals surface area contributed by atoms with Crippen LogP contribution in [0.1, 0.15) is 159 Å². The van der Waals surface area contributed by atoms with Gasteiger partial charge in [0.2, 0.25) is 5.91 Å². The molecule has 0 unspecified atom stereocenters. The number of methoxy groups -OCH3 is 2. The highest BCUT2D eigenvalue weighted by atomic mass is 35.5. The van der Waals surface area contributed by atoms with Crippen molar-refractivity contribution in [1.82, 2.24) is 9.80 Å². The summed E-state index contributed by atoms with van der Waals surface area (Å²) < 4.78 is 43.9. The normalized spacial score (nSPS) is 35.5. The summed E-state index contributed by atoms with van der Waals surface area (Å²) in [6, 6.07) is 20.8. The fraction of sp³-hybridized carbons (Fsp3) is 0.781. The third kappa shape index (κ3) is 18.6. The molecule has 2 aromatic carbocycles. The lowest BCUT2D eigenvalue weighted by Crippen LogP contribution is -3.00. The third-order valence-electron chi connectivity index (χ3n) is 18.3. The number of carbonyl (C=O) groups is 2. The van der Waals surface area contributed by atoms with E-state index in [1.165, 1.54) is 43.9 Å². The summed E-state index contributed by atoms with van der Waals surface area (Å²) in [7, 11) is 5.42. The first-order chi connectivity index (χ1) is 38.3. The molecule has 5 N–H and O–H groups in total. The number of nitrogens with zero attached hydrogens (tertiary/aromatic N) is 2. The molecular weight excluding hydrogens is 1090 g/mol. The van der Waals surface area contributed by atoms with Crippen molar-refractivity contribution in [3.63, 3.8) is 0 Å². The Kier molecular flexibility index (Phi) is 29.1. The SMILES string of the molecule is CC[C@H]1OC(=O)[C@H](C)[C@@H](O[C@H]2C[C@@](C)(OC)[C@@H](O)[C@H](C)O2)[C@H](C)[C@@H](O[C@@H]2O[C@H](C)C[C@H](N(C)C)[C@H]2O)[C@](C)(O)C[C@@H](C)CN(C(=O)CCCCCCCCCCC[P+](CCOC)(c2ccccc2)c2ccccc2)[C@H](C)[C@@H](O)[C@]1(C)O.[Cl-]. The topological polar surface area (TPSA) is 206 Å². The van der Waals surface area contributed by atoms with Gasteiger partial charge in [0.25, 0.3) is 0 Å². The van der Waals surface area contributed by atoms with Gasteiger partial charge in [0.05, 0.1) is 84.4 Å². The number of aliphatic hydroxyl groups excluding tert-OH is 3. The van der Waals surface area contributed by atoms with E-state index in [9.17, 15) is 35.1 Å². The maximum Gasteiger partial charge on any atom is 0.311 e. The van der Waals surface area contributed by atoms with E-state index in [0.29, 0.717) is 12.8 Å². The predicted molar refractivity (Wildman–Crippen MR) is 320 cm³/mol. The molecule has 0 bridgehead atoms. The Hall–Kier alpha value is -2.38. The number of hydrogen-bond acceptors (Lipinski definition) is 15. The summed E-state index contributed by atoms with van der Waals surface area (Å²) >= 11 is 0. The highest BCUT2D eigenvalue weighted by Crippen LogP contribution is 2.57. The number of aliphatic hydroxyl groups is 5. The van der Waals surface area contributed by atoms with E-state index in [1.54, 1.807) is 60.5 Å². The van der Waals surface area contributed by atoms with Crippen LogP contribution in [0.25, 0.3) is 0 Å². The molecule has 3 heterocycles. The number of likely N-dealkylation sites (N-methyl/N-ethyl adjacent to an activating group) is 1. The van der Waals surface area contributed by atoms with Crippen molar-refractivity contribution in [2.75, 3.05) is 53.8 Å². The lowest BCUT2D eigenvalue weighted by molar-refractivity contribution is -0.318. The second-order valence-corrected chi connectivity index (χ2v) is 29.1. The molecule has 3 saturated heterocycles. The molecule has 82 heavy (non-hydrogen) atoms. The Balaban J connectivity index is 0.0000144. The van der Waals surface area contributed by atoms with Gasteiger partial charge in [-0.25, -0.2) is 0 Å². The van der Waals surface area contributed by atoms with Crippen LogP contribution in [0.5, 0.6) is 0 Å². The van der Waals surface area contributed by atoms with Crippen molar-refractivity contribution in [2.45, 2.75) is 249 Å². The summed E-state index contributed by atoms with van der Waals surface area (Å²) in [4.78, 5) is 32.8. The Morgan fingerprint density at radius 2 is 1.33 bits per heavy atom. The average molecular weight is 1200 g/mol. The molecule has 3 aliphatic rings. The summed E-state index contributed by atoms with van der Waals surface area (Å²) in [5.41, 5.74) is -4.79. The zero-order valence-electron chi connectivity index (χ0n) is 52.3. The van der Waals surface area contributed by atoms with Crippen molar-refractivity contribution < 1.29 is 80.7 Å². The lowest BCUT2D eigenvalue weighted by Gasteiger charge is -2.48. The molecule has 18 heteroatoms. The zero-order valence-corrected chi connectivity index (χ0v) is 53.9. The van der Waals surface area contributed by atoms with E-state index in [-0.39, 0.29) is 62.7 Å². The van der Waals surface area contributed by atoms with Crippen LogP contribution in [0.3, 0.4) is 0 Å². The lowest BCUT2D eigenvalue weighted by atomic mass is 9.77. The molecule has 0 aromatic heterocycles. The Labute approximate surface area is 499 Å². The average Bonchev–Trinajstić information content (AvgIpc) is 3.58. The number of ether oxygens (including phenoxy) is 7. The molecule has 0 radical (unpaired) electrons. The van der Waals surface area contributed by atoms with Crippen LogP contribution in [0.15, 0.2) is 60.7 Å². The molecule has 470 valence electrons. The first-order valence-electron chi connectivity index (χ1n) is 30.6. The summed E-state index contributed by atoms with van der Waals surface area (Å²) in [5.74, 6) is -3.26. The van der Waals surface area contributed by atoms with Gasteiger partial charge in [0, 0.05) is 45.6 Å². The number of amides is 1. The fourth-order valence-corrected chi connectivity index (χ4v) is 17.6. The summed E-state index contributed by atoms with van der Waals surface area (Å²) in [5, 5.41) is 63.3. The van der Waals surface area contributed by atoms with Crippen molar-refractivity contribution >= 4 is 29.7 Å². The molecule has 0 spiro atoms. The number of rotatable bonds is 24. The monoisotopic (exact) mass is 1190 g/mol. The van der Waals surface area contributed by atoms with Crippen LogP contribution in [-0.4, -0.2) is 191 Å². The smallest absolute Gasteiger partial charge is 0.311 e. The third-order valence-corrected chi connectivity index (χ3v) is 22.9. The Morgan fingerprint density at radius 3 is 1.87 bits per heavy atom. The molecule has 5 rings (SSSR count). The standard InChI is InChI=1S/C64H108N2O14P.ClH/c1-15-52-64(10,73)57(69)47(6)66(53(67)35-29-21-19-17-16-18-20-22-30-37-81(38-36-74-13,49-31-25-23-26-32-49)50-33-27-24-28-34-50)42-43(2)40-62(8,72)59(80-61-55(68)51(65(11)12)39-44(3)76-61)45(4)56(46(5)60(71)78-52)79-54-41-63(9,75-14)58(70)48(7)77-54;/h23-28,31-34,43-48,51-52,54-59,61,68-70,72-73H,15-22,29-30,35-42H2,1-14H3;1H/q+1;/p-1/t43-,44-,45+,46-,47-,48+,51+,52-,54+,55-,56+,57-,58+,59-,61+,62-,63-,64-;/m1./s1. The van der Waals surface area contributed by atoms with Crippen molar-refractivity contribution in [2.24, 2.45) is 17.8 Å². The Morgan fingerprint density at radius 1 is 0.768 bits per heavy atom. The number of unbranched alkanes of at least 4 members (excludes halogenated alkanes) is 8. The van der Waals surface area contributed by atoms with Crippen LogP contribution in [0.4, 0.5) is 0 Å². The van der Waals surface area contributed by atoms with Gasteiger partial charge in [-0.05, 0) is 131 Å². The van der Waals surface area contributed by atoms with E-state index in [1.807, 2.05) is 32.8 Å². The number of cyclic esters (lactones) is 1. The molecule has 1 amide bonds. The molecular formula is C64H108ClN2O14P. The first kappa shape index (κ1) is 72.1. The van der Waals surface area contributed by atoms with Crippen molar-refractivity contribution in [3.05, 3.63) is 60.7 Å². The molecule has 2 aromatic rings. The molecule has 16 nitrogen and oxygen atoms in total. The Bertz CT molecular complexity index is 2130. The zero-order chi connectivity index (χ0) is 59.9. The first-order valence-corrected chi connectivity index (χ1v) is 32.7. The van der Waals surface area contributed by atoms with E-state index < -0.39 is 109 Å². The van der Waals surface area contributed by atoms with Crippen LogP contribution in [0, 0.1) is 17.8 Å². The summed E-state index contributed by atoms with van der Waals surface area (Å²) in [6.07, 6.45) is 2.34. The maximum atomic E-state index is 14.7. The van der Waals surface area contributed by atoms with Gasteiger partial charge in [-0.1, -0.05) is 95.7 Å². The van der Waals surface area contributed by atoms with Crippen LogP contribution in [0.2, 0.25) is 0 Å². The minimum atomic E-state index is -2.00. The van der Waals surface area contributed by atoms with Gasteiger partial charge in [-0.2, -0.15) is 0 Å². The van der Waals surface area contributed by atoms with E-state index in [4.69, 9.17) is 33.2 Å². The summed E-state index contributed by atoms with van der Waals surface area (Å²) in [6.45, 7) is 18.2. The number of halogens is 1. The van der Waals surface area contributed by atoms with Crippen molar-refractivity contribution in [3.8, 4) is 0 Å². The second-order valence-electron chi connectivity index (χ2n) is 25.3. The van der Waals surface area contributed by atoms with E-state index in [0.717, 1.165) is 51.0 Å². The van der Waals surface area contributed by atoms with Crippen LogP contribution < -0.4 is 23.0 Å². The minimum Gasteiger partial charge on any atom is -1.00 e. The van der Waals surface area contributed by atoms with Gasteiger partial charge in [0.1, 0.15) is 30.0 Å². The maximum absolute atomic E-state index is 14.7. The number of carbonyl (C=O) groups excluding carboxylic acids is 2. The van der Waals surface area contributed by atoms with Gasteiger partial charge in [-0.3, -0.25) is 9.59 Å². The van der Waals surface area contributed by atoms with Gasteiger partial charge < -0.3 is 80.9 Å². The predicted octanol–water partition coefficient (Wildman–Crippen LogP) is 5.02. The second kappa shape index (κ2) is 33.1. The van der Waals surface area contributed by atoms with Crippen LogP contribution in [-0.2, 0) is 42.7 Å². The van der Waals surface area contributed by atoms with Gasteiger partial charge in [-0.15, -0.1) is 0 Å². The quantitative estimate of drug-likeness (QED) is 0.0532. The molecule has 18 atom stereocenters. The molecule has 3 fully saturated rings. The fourth-order valence-electron chi connectivity index (χ4n) is 13.3. The number of esters is 1. The largest absolute Gasteiger partial charge is 1.00 e. The number of hydrogen-bond donors (Lipinski definition) is 5. The van der Waals surface area contributed by atoms with E-state index >= 15 is 0 Å². The van der Waals surface area contributed by atoms with Crippen LogP contribution >= 0.6 is 7.26 Å². The highest BCUT2D eigenvalue weighted by molar-refractivity contribution is 7.89. The molecule has 0 saturated carbocycles.